The smallest absolute Gasteiger partial charge is 0.132 e. The zero-order valence-electron chi connectivity index (χ0n) is 11.7. The molecule has 0 bridgehead atoms. The molecule has 0 spiro atoms. The standard InChI is InChI=1S/C13H19ClN4O/c1-5-9-6-10(17(3)16-9)7-11(19)12-8(2)15-18(4)13(12)14/h6,11,19H,5,7H2,1-4H3. The first kappa shape index (κ1) is 14.1. The molecule has 19 heavy (non-hydrogen) atoms. The van der Waals surface area contributed by atoms with Crippen LogP contribution in [0.4, 0.5) is 0 Å². The second-order valence-corrected chi connectivity index (χ2v) is 5.10. The zero-order chi connectivity index (χ0) is 14.2. The van der Waals surface area contributed by atoms with Gasteiger partial charge >= 0.3 is 0 Å². The number of aryl methyl sites for hydroxylation is 4. The molecule has 2 heterocycles. The van der Waals surface area contributed by atoms with E-state index in [1.54, 1.807) is 11.7 Å². The van der Waals surface area contributed by atoms with Gasteiger partial charge in [0, 0.05) is 31.8 Å². The van der Waals surface area contributed by atoms with Crippen molar-refractivity contribution in [2.45, 2.75) is 32.8 Å². The topological polar surface area (TPSA) is 55.9 Å². The number of rotatable bonds is 4. The lowest BCUT2D eigenvalue weighted by Crippen LogP contribution is -2.07. The van der Waals surface area contributed by atoms with Crippen LogP contribution in [0, 0.1) is 6.92 Å². The molecule has 0 saturated carbocycles. The van der Waals surface area contributed by atoms with Crippen molar-refractivity contribution in [2.75, 3.05) is 0 Å². The number of hydrogen-bond acceptors (Lipinski definition) is 3. The van der Waals surface area contributed by atoms with E-state index in [4.69, 9.17) is 11.6 Å². The first-order chi connectivity index (χ1) is 8.93. The number of aliphatic hydroxyl groups is 1. The van der Waals surface area contributed by atoms with Crippen LogP contribution in [0.5, 0.6) is 0 Å². The Hall–Kier alpha value is -1.33. The highest BCUT2D eigenvalue weighted by Crippen LogP contribution is 2.28. The van der Waals surface area contributed by atoms with E-state index in [9.17, 15) is 5.11 Å². The SMILES string of the molecule is CCc1cc(CC(O)c2c(C)nn(C)c2Cl)n(C)n1. The Bertz CT molecular complexity index is 588. The first-order valence-electron chi connectivity index (χ1n) is 6.32. The maximum atomic E-state index is 10.4. The summed E-state index contributed by atoms with van der Waals surface area (Å²) in [5.74, 6) is 0. The molecule has 5 nitrogen and oxygen atoms in total. The van der Waals surface area contributed by atoms with Gasteiger partial charge < -0.3 is 5.11 Å². The monoisotopic (exact) mass is 282 g/mol. The van der Waals surface area contributed by atoms with Gasteiger partial charge in [0.15, 0.2) is 0 Å². The average Bonchev–Trinajstić information content (AvgIpc) is 2.81. The number of nitrogens with zero attached hydrogens (tertiary/aromatic N) is 4. The van der Waals surface area contributed by atoms with Crippen molar-refractivity contribution in [1.29, 1.82) is 0 Å². The summed E-state index contributed by atoms with van der Waals surface area (Å²) in [6.45, 7) is 3.91. The van der Waals surface area contributed by atoms with Crippen molar-refractivity contribution in [3.63, 3.8) is 0 Å². The number of aromatic nitrogens is 4. The molecule has 1 unspecified atom stereocenters. The molecule has 0 radical (unpaired) electrons. The highest BCUT2D eigenvalue weighted by molar-refractivity contribution is 6.30. The summed E-state index contributed by atoms with van der Waals surface area (Å²) < 4.78 is 3.39. The van der Waals surface area contributed by atoms with Crippen LogP contribution in [0.1, 0.15) is 35.7 Å². The molecule has 2 aromatic heterocycles. The molecule has 6 heteroatoms. The molecule has 2 rings (SSSR count). The van der Waals surface area contributed by atoms with Gasteiger partial charge in [-0.1, -0.05) is 18.5 Å². The summed E-state index contributed by atoms with van der Waals surface area (Å²) in [6.07, 6.45) is 0.702. The van der Waals surface area contributed by atoms with Crippen LogP contribution < -0.4 is 0 Å². The quantitative estimate of drug-likeness (QED) is 0.933. The van der Waals surface area contributed by atoms with E-state index >= 15 is 0 Å². The van der Waals surface area contributed by atoms with E-state index in [1.807, 2.05) is 24.7 Å². The maximum absolute atomic E-state index is 10.4. The third kappa shape index (κ3) is 2.67. The summed E-state index contributed by atoms with van der Waals surface area (Å²) in [4.78, 5) is 0. The minimum Gasteiger partial charge on any atom is -0.388 e. The lowest BCUT2D eigenvalue weighted by atomic mass is 10.1. The normalized spacial score (nSPS) is 12.9. The maximum Gasteiger partial charge on any atom is 0.132 e. The summed E-state index contributed by atoms with van der Waals surface area (Å²) in [5.41, 5.74) is 3.48. The van der Waals surface area contributed by atoms with Crippen molar-refractivity contribution >= 4 is 11.6 Å². The van der Waals surface area contributed by atoms with Crippen LogP contribution in [0.2, 0.25) is 5.15 Å². The Morgan fingerprint density at radius 1 is 1.32 bits per heavy atom. The van der Waals surface area contributed by atoms with Gasteiger partial charge in [0.1, 0.15) is 5.15 Å². The first-order valence-corrected chi connectivity index (χ1v) is 6.70. The Kier molecular flexibility index (Phi) is 3.96. The van der Waals surface area contributed by atoms with Crippen LogP contribution in [0.15, 0.2) is 6.07 Å². The highest BCUT2D eigenvalue weighted by Gasteiger charge is 2.21. The van der Waals surface area contributed by atoms with E-state index in [-0.39, 0.29) is 0 Å². The molecule has 0 aromatic carbocycles. The zero-order valence-corrected chi connectivity index (χ0v) is 12.4. The summed E-state index contributed by atoms with van der Waals surface area (Å²) >= 11 is 6.17. The van der Waals surface area contributed by atoms with E-state index in [1.165, 1.54) is 0 Å². The van der Waals surface area contributed by atoms with Gasteiger partial charge in [0.05, 0.1) is 17.5 Å². The van der Waals surface area contributed by atoms with Gasteiger partial charge in [-0.15, -0.1) is 0 Å². The van der Waals surface area contributed by atoms with Crippen molar-refractivity contribution in [2.24, 2.45) is 14.1 Å². The van der Waals surface area contributed by atoms with Crippen LogP contribution in [-0.4, -0.2) is 24.7 Å². The molecule has 0 aliphatic heterocycles. The Balaban J connectivity index is 2.25. The number of hydrogen-bond donors (Lipinski definition) is 1. The van der Waals surface area contributed by atoms with Crippen molar-refractivity contribution in [3.8, 4) is 0 Å². The largest absolute Gasteiger partial charge is 0.388 e. The van der Waals surface area contributed by atoms with Crippen molar-refractivity contribution in [1.82, 2.24) is 19.6 Å². The third-order valence-corrected chi connectivity index (χ3v) is 3.77. The van der Waals surface area contributed by atoms with E-state index in [2.05, 4.69) is 17.1 Å². The van der Waals surface area contributed by atoms with E-state index in [0.717, 1.165) is 23.5 Å². The van der Waals surface area contributed by atoms with E-state index < -0.39 is 6.10 Å². The fourth-order valence-electron chi connectivity index (χ4n) is 2.26. The number of aliphatic hydroxyl groups excluding tert-OH is 1. The van der Waals surface area contributed by atoms with Crippen LogP contribution in [0.25, 0.3) is 0 Å². The van der Waals surface area contributed by atoms with Crippen LogP contribution in [-0.2, 0) is 26.9 Å². The molecule has 104 valence electrons. The minimum atomic E-state index is -0.665. The average molecular weight is 283 g/mol. The lowest BCUT2D eigenvalue weighted by Gasteiger charge is -2.10. The Labute approximate surface area is 117 Å². The summed E-state index contributed by atoms with van der Waals surface area (Å²) in [6, 6.07) is 2.02. The molecular formula is C13H19ClN4O. The third-order valence-electron chi connectivity index (χ3n) is 3.32. The summed E-state index contributed by atoms with van der Waals surface area (Å²) in [7, 11) is 3.66. The van der Waals surface area contributed by atoms with Gasteiger partial charge in [-0.25, -0.2) is 0 Å². The molecule has 2 aromatic rings. The van der Waals surface area contributed by atoms with Gasteiger partial charge in [-0.05, 0) is 19.4 Å². The minimum absolute atomic E-state index is 0.482. The fraction of sp³-hybridized carbons (Fsp3) is 0.538. The molecule has 0 amide bonds. The second-order valence-electron chi connectivity index (χ2n) is 4.74. The van der Waals surface area contributed by atoms with Gasteiger partial charge in [0.2, 0.25) is 0 Å². The summed E-state index contributed by atoms with van der Waals surface area (Å²) in [5, 5.41) is 19.5. The van der Waals surface area contributed by atoms with Gasteiger partial charge in [-0.3, -0.25) is 9.36 Å². The predicted molar refractivity (Wildman–Crippen MR) is 74.2 cm³/mol. The highest BCUT2D eigenvalue weighted by atomic mass is 35.5. The fourth-order valence-corrected chi connectivity index (χ4v) is 2.56. The molecule has 0 saturated heterocycles. The molecule has 1 atom stereocenters. The number of halogens is 1. The van der Waals surface area contributed by atoms with Gasteiger partial charge in [-0.2, -0.15) is 10.2 Å². The molecule has 0 aliphatic carbocycles. The van der Waals surface area contributed by atoms with Crippen LogP contribution >= 0.6 is 11.6 Å². The molecule has 1 N–H and O–H groups in total. The molecule has 0 fully saturated rings. The van der Waals surface area contributed by atoms with Crippen molar-refractivity contribution in [3.05, 3.63) is 33.9 Å². The Morgan fingerprint density at radius 3 is 2.47 bits per heavy atom. The van der Waals surface area contributed by atoms with Gasteiger partial charge in [0.25, 0.3) is 0 Å². The second kappa shape index (κ2) is 5.35. The Morgan fingerprint density at radius 2 is 2.00 bits per heavy atom. The molecule has 0 aliphatic rings. The predicted octanol–water partition coefficient (Wildman–Crippen LogP) is 1.95. The lowest BCUT2D eigenvalue weighted by molar-refractivity contribution is 0.175. The van der Waals surface area contributed by atoms with Crippen LogP contribution in [0.3, 0.4) is 0 Å². The van der Waals surface area contributed by atoms with Crippen molar-refractivity contribution < 1.29 is 5.11 Å². The molecular weight excluding hydrogens is 264 g/mol. The van der Waals surface area contributed by atoms with E-state index in [0.29, 0.717) is 17.1 Å².